The molecule has 3 unspecified atom stereocenters. The molecule has 2 N–H and O–H groups in total. The van der Waals surface area contributed by atoms with Crippen LogP contribution in [0.2, 0.25) is 0 Å². The number of nitrogens with one attached hydrogen (secondary N) is 2. The van der Waals surface area contributed by atoms with Crippen molar-refractivity contribution in [3.8, 4) is 0 Å². The van der Waals surface area contributed by atoms with Gasteiger partial charge in [0.05, 0.1) is 18.9 Å². The molecular weight excluding hydrogens is 312 g/mol. The van der Waals surface area contributed by atoms with Crippen molar-refractivity contribution in [3.05, 3.63) is 17.0 Å². The van der Waals surface area contributed by atoms with E-state index in [1.165, 1.54) is 36.2 Å². The molecular formula is C17H31ClN4O. The average Bonchev–Trinajstić information content (AvgIpc) is 3.08. The maximum Gasteiger partial charge on any atom is 0.0628 e. The van der Waals surface area contributed by atoms with E-state index in [1.54, 1.807) is 0 Å². The molecule has 23 heavy (non-hydrogen) atoms. The van der Waals surface area contributed by atoms with Gasteiger partial charge in [-0.1, -0.05) is 6.42 Å². The van der Waals surface area contributed by atoms with Gasteiger partial charge in [-0.05, 0) is 51.1 Å². The van der Waals surface area contributed by atoms with E-state index < -0.39 is 0 Å². The summed E-state index contributed by atoms with van der Waals surface area (Å²) in [6.07, 6.45) is 5.03. The molecule has 0 spiro atoms. The SMILES string of the molecule is Cc1nn(C)c(C)c1CCNC1CCCC1C1COCCN1.Cl. The molecule has 0 aromatic carbocycles. The molecule has 2 fully saturated rings. The highest BCUT2D eigenvalue weighted by atomic mass is 35.5. The van der Waals surface area contributed by atoms with Gasteiger partial charge in [0.15, 0.2) is 0 Å². The van der Waals surface area contributed by atoms with Crippen LogP contribution in [0.5, 0.6) is 0 Å². The van der Waals surface area contributed by atoms with E-state index in [4.69, 9.17) is 4.74 Å². The Kier molecular flexibility index (Phi) is 6.89. The Balaban J connectivity index is 0.00000192. The van der Waals surface area contributed by atoms with Crippen LogP contribution in [0, 0.1) is 19.8 Å². The van der Waals surface area contributed by atoms with Crippen molar-refractivity contribution >= 4 is 12.4 Å². The first-order valence-corrected chi connectivity index (χ1v) is 8.70. The Morgan fingerprint density at radius 1 is 1.35 bits per heavy atom. The fourth-order valence-electron chi connectivity index (χ4n) is 4.15. The quantitative estimate of drug-likeness (QED) is 0.856. The van der Waals surface area contributed by atoms with Gasteiger partial charge in [-0.15, -0.1) is 12.4 Å². The van der Waals surface area contributed by atoms with Crippen molar-refractivity contribution in [1.29, 1.82) is 0 Å². The lowest BCUT2D eigenvalue weighted by Crippen LogP contribution is -2.51. The topological polar surface area (TPSA) is 51.1 Å². The number of hydrogen-bond acceptors (Lipinski definition) is 4. The molecule has 0 amide bonds. The van der Waals surface area contributed by atoms with Crippen molar-refractivity contribution in [3.63, 3.8) is 0 Å². The molecule has 5 nitrogen and oxygen atoms in total. The second-order valence-corrected chi connectivity index (χ2v) is 6.81. The van der Waals surface area contributed by atoms with Crippen LogP contribution in [0.15, 0.2) is 0 Å². The first-order valence-electron chi connectivity index (χ1n) is 8.70. The zero-order valence-electron chi connectivity index (χ0n) is 14.6. The third-order valence-corrected chi connectivity index (χ3v) is 5.48. The van der Waals surface area contributed by atoms with Crippen LogP contribution in [-0.2, 0) is 18.2 Å². The largest absolute Gasteiger partial charge is 0.379 e. The van der Waals surface area contributed by atoms with Crippen LogP contribution < -0.4 is 10.6 Å². The molecule has 1 aliphatic heterocycles. The van der Waals surface area contributed by atoms with Crippen molar-refractivity contribution in [2.75, 3.05) is 26.3 Å². The van der Waals surface area contributed by atoms with E-state index in [9.17, 15) is 0 Å². The lowest BCUT2D eigenvalue weighted by Gasteiger charge is -2.33. The Bertz CT molecular complexity index is 499. The summed E-state index contributed by atoms with van der Waals surface area (Å²) in [6.45, 7) is 8.07. The zero-order chi connectivity index (χ0) is 15.5. The van der Waals surface area contributed by atoms with E-state index in [0.29, 0.717) is 12.1 Å². The van der Waals surface area contributed by atoms with Gasteiger partial charge in [-0.3, -0.25) is 4.68 Å². The third-order valence-electron chi connectivity index (χ3n) is 5.48. The van der Waals surface area contributed by atoms with Crippen LogP contribution in [-0.4, -0.2) is 48.2 Å². The minimum Gasteiger partial charge on any atom is -0.379 e. The summed E-state index contributed by atoms with van der Waals surface area (Å²) >= 11 is 0. The van der Waals surface area contributed by atoms with Gasteiger partial charge < -0.3 is 15.4 Å². The summed E-state index contributed by atoms with van der Waals surface area (Å²) in [4.78, 5) is 0. The number of ether oxygens (including phenoxy) is 1. The number of rotatable bonds is 5. The minimum atomic E-state index is 0. The molecule has 6 heteroatoms. The van der Waals surface area contributed by atoms with Crippen LogP contribution in [0.4, 0.5) is 0 Å². The molecule has 1 saturated heterocycles. The summed E-state index contributed by atoms with van der Waals surface area (Å²) in [5, 5.41) is 12.0. The highest BCUT2D eigenvalue weighted by Gasteiger charge is 2.34. The molecule has 1 aromatic heterocycles. The standard InChI is InChI=1S/C17H30N4O.ClH/c1-12-14(13(2)21(3)20-12)7-8-18-16-6-4-5-15(16)17-11-22-10-9-19-17;/h15-19H,4-11H2,1-3H3;1H. The van der Waals surface area contributed by atoms with E-state index in [0.717, 1.165) is 38.6 Å². The number of morpholine rings is 1. The number of hydrogen-bond donors (Lipinski definition) is 2. The summed E-state index contributed by atoms with van der Waals surface area (Å²) in [7, 11) is 2.03. The summed E-state index contributed by atoms with van der Waals surface area (Å²) in [6, 6.07) is 1.17. The Hall–Kier alpha value is -0.620. The highest BCUT2D eigenvalue weighted by Crippen LogP contribution is 2.29. The van der Waals surface area contributed by atoms with E-state index in [-0.39, 0.29) is 12.4 Å². The van der Waals surface area contributed by atoms with Crippen LogP contribution in [0.3, 0.4) is 0 Å². The first kappa shape index (κ1) is 18.7. The molecule has 1 aliphatic carbocycles. The predicted molar refractivity (Wildman–Crippen MR) is 95.4 cm³/mol. The monoisotopic (exact) mass is 342 g/mol. The predicted octanol–water partition coefficient (Wildman–Crippen LogP) is 1.75. The second kappa shape index (κ2) is 8.47. The number of aromatic nitrogens is 2. The molecule has 132 valence electrons. The smallest absolute Gasteiger partial charge is 0.0628 e. The summed E-state index contributed by atoms with van der Waals surface area (Å²) < 4.78 is 7.64. The molecule has 0 radical (unpaired) electrons. The fraction of sp³-hybridized carbons (Fsp3) is 0.824. The van der Waals surface area contributed by atoms with Gasteiger partial charge in [0, 0.05) is 31.4 Å². The van der Waals surface area contributed by atoms with Crippen LogP contribution in [0.25, 0.3) is 0 Å². The van der Waals surface area contributed by atoms with Crippen molar-refractivity contribution in [2.24, 2.45) is 13.0 Å². The average molecular weight is 343 g/mol. The van der Waals surface area contributed by atoms with Crippen molar-refractivity contribution in [2.45, 2.75) is 51.6 Å². The maximum atomic E-state index is 5.65. The molecule has 2 heterocycles. The lowest BCUT2D eigenvalue weighted by atomic mass is 9.94. The summed E-state index contributed by atoms with van der Waals surface area (Å²) in [5.74, 6) is 0.719. The van der Waals surface area contributed by atoms with Gasteiger partial charge in [-0.2, -0.15) is 5.10 Å². The lowest BCUT2D eigenvalue weighted by molar-refractivity contribution is 0.0526. The van der Waals surface area contributed by atoms with E-state index in [1.807, 2.05) is 11.7 Å². The number of aryl methyl sites for hydroxylation is 2. The first-order chi connectivity index (χ1) is 10.7. The zero-order valence-corrected chi connectivity index (χ0v) is 15.4. The van der Waals surface area contributed by atoms with Gasteiger partial charge in [0.1, 0.15) is 0 Å². The highest BCUT2D eigenvalue weighted by molar-refractivity contribution is 5.85. The molecule has 1 aromatic rings. The van der Waals surface area contributed by atoms with E-state index in [2.05, 4.69) is 29.6 Å². The number of nitrogens with zero attached hydrogens (tertiary/aromatic N) is 2. The molecule has 3 rings (SSSR count). The third kappa shape index (κ3) is 4.27. The van der Waals surface area contributed by atoms with Crippen molar-refractivity contribution < 1.29 is 4.74 Å². The van der Waals surface area contributed by atoms with E-state index >= 15 is 0 Å². The number of halogens is 1. The molecule has 1 saturated carbocycles. The minimum absolute atomic E-state index is 0. The van der Waals surface area contributed by atoms with Gasteiger partial charge in [-0.25, -0.2) is 0 Å². The van der Waals surface area contributed by atoms with Crippen LogP contribution in [0.1, 0.15) is 36.2 Å². The molecule has 2 aliphatic rings. The fourth-order valence-corrected chi connectivity index (χ4v) is 4.15. The Morgan fingerprint density at radius 3 is 2.83 bits per heavy atom. The molecule has 3 atom stereocenters. The Labute approximate surface area is 146 Å². The maximum absolute atomic E-state index is 5.65. The van der Waals surface area contributed by atoms with Gasteiger partial charge in [0.2, 0.25) is 0 Å². The Morgan fingerprint density at radius 2 is 2.17 bits per heavy atom. The van der Waals surface area contributed by atoms with Crippen molar-refractivity contribution in [1.82, 2.24) is 20.4 Å². The normalized spacial score (nSPS) is 27.9. The second-order valence-electron chi connectivity index (χ2n) is 6.81. The summed E-state index contributed by atoms with van der Waals surface area (Å²) in [5.41, 5.74) is 3.88. The van der Waals surface area contributed by atoms with Gasteiger partial charge in [0.25, 0.3) is 0 Å². The van der Waals surface area contributed by atoms with Gasteiger partial charge >= 0.3 is 0 Å². The van der Waals surface area contributed by atoms with Crippen LogP contribution >= 0.6 is 12.4 Å². The molecule has 0 bridgehead atoms.